The minimum atomic E-state index is 0. The summed E-state index contributed by atoms with van der Waals surface area (Å²) in [4.78, 5) is 5.13. The fourth-order valence-electron chi connectivity index (χ4n) is 2.97. The third-order valence-electron chi connectivity index (χ3n) is 3.88. The molecule has 2 aromatic heterocycles. The maximum atomic E-state index is 3.62. The fraction of sp³-hybridized carbons (Fsp3) is 0.188. The van der Waals surface area contributed by atoms with Gasteiger partial charge in [0.05, 0.1) is 12.6 Å². The number of aromatic nitrogens is 2. The predicted octanol–water partition coefficient (Wildman–Crippen LogP) is 0.337. The van der Waals surface area contributed by atoms with Gasteiger partial charge in [-0.1, -0.05) is 18.2 Å². The summed E-state index contributed by atoms with van der Waals surface area (Å²) >= 11 is 1.88. The summed E-state index contributed by atoms with van der Waals surface area (Å²) < 4.78 is 2.30. The van der Waals surface area contributed by atoms with Crippen LogP contribution < -0.4 is 17.0 Å². The van der Waals surface area contributed by atoms with Crippen molar-refractivity contribution in [3.8, 4) is 22.6 Å². The zero-order valence-corrected chi connectivity index (χ0v) is 12.8. The Hall–Kier alpha value is -1.58. The molecule has 0 fully saturated rings. The Kier molecular flexibility index (Phi) is 3.40. The molecule has 4 heteroatoms. The number of hydrogen-bond donors (Lipinski definition) is 1. The van der Waals surface area contributed by atoms with E-state index >= 15 is 0 Å². The fourth-order valence-corrected chi connectivity index (χ4v) is 3.85. The first-order valence-corrected chi connectivity index (χ1v) is 7.45. The molecule has 0 saturated heterocycles. The van der Waals surface area contributed by atoms with E-state index in [-0.39, 0.29) is 12.4 Å². The van der Waals surface area contributed by atoms with Gasteiger partial charge in [-0.3, -0.25) is 0 Å². The van der Waals surface area contributed by atoms with Crippen LogP contribution in [0.5, 0.6) is 0 Å². The van der Waals surface area contributed by atoms with Crippen LogP contribution in [-0.4, -0.2) is 4.98 Å². The summed E-state index contributed by atoms with van der Waals surface area (Å²) in [5.41, 5.74) is 5.39. The lowest BCUT2D eigenvalue weighted by atomic mass is 10.00. The molecule has 102 valence electrons. The van der Waals surface area contributed by atoms with Gasteiger partial charge >= 0.3 is 0 Å². The van der Waals surface area contributed by atoms with E-state index in [4.69, 9.17) is 0 Å². The molecular weight excluding hydrogens is 288 g/mol. The van der Waals surface area contributed by atoms with Gasteiger partial charge < -0.3 is 12.4 Å². The summed E-state index contributed by atoms with van der Waals surface area (Å²) in [5, 5.41) is 2.20. The number of thiophene rings is 1. The van der Waals surface area contributed by atoms with Gasteiger partial charge in [-0.2, -0.15) is 0 Å². The van der Waals surface area contributed by atoms with E-state index in [9.17, 15) is 0 Å². The summed E-state index contributed by atoms with van der Waals surface area (Å²) in [6, 6.07) is 12.8. The van der Waals surface area contributed by atoms with Crippen molar-refractivity contribution in [2.24, 2.45) is 7.05 Å². The third kappa shape index (κ3) is 1.89. The zero-order valence-electron chi connectivity index (χ0n) is 11.2. The lowest BCUT2D eigenvalue weighted by Gasteiger charge is -2.07. The Bertz CT molecular complexity index is 743. The summed E-state index contributed by atoms with van der Waals surface area (Å²) in [6.07, 6.45) is 2.28. The normalized spacial score (nSPS) is 12.4. The van der Waals surface area contributed by atoms with Crippen LogP contribution in [-0.2, 0) is 19.9 Å². The Morgan fingerprint density at radius 1 is 1.10 bits per heavy atom. The number of benzene rings is 1. The minimum absolute atomic E-state index is 0. The average Bonchev–Trinajstić information content (AvgIpc) is 3.04. The van der Waals surface area contributed by atoms with E-state index in [2.05, 4.69) is 58.4 Å². The molecule has 1 N–H and O–H groups in total. The molecule has 4 rings (SSSR count). The number of hydrogen-bond acceptors (Lipinski definition) is 1. The number of nitrogens with one attached hydrogen (secondary N) is 1. The lowest BCUT2D eigenvalue weighted by Crippen LogP contribution is -3.00. The van der Waals surface area contributed by atoms with Gasteiger partial charge in [0.25, 0.3) is 5.82 Å². The minimum Gasteiger partial charge on any atom is -1.00 e. The zero-order chi connectivity index (χ0) is 12.8. The molecular formula is C16H15ClN2S. The monoisotopic (exact) mass is 302 g/mol. The van der Waals surface area contributed by atoms with E-state index in [1.165, 1.54) is 33.2 Å². The number of fused-ring (bicyclic) bond motifs is 3. The number of aromatic amines is 1. The molecule has 3 aromatic rings. The second kappa shape index (κ2) is 5.08. The van der Waals surface area contributed by atoms with Gasteiger partial charge in [0, 0.05) is 16.9 Å². The van der Waals surface area contributed by atoms with Crippen molar-refractivity contribution in [1.29, 1.82) is 0 Å². The molecule has 0 radical (unpaired) electrons. The number of H-pyrrole nitrogens is 1. The summed E-state index contributed by atoms with van der Waals surface area (Å²) in [6.45, 7) is 0. The van der Waals surface area contributed by atoms with Crippen molar-refractivity contribution in [3.63, 3.8) is 0 Å². The van der Waals surface area contributed by atoms with E-state index in [0.717, 1.165) is 12.8 Å². The van der Waals surface area contributed by atoms with Crippen LogP contribution in [0.25, 0.3) is 22.6 Å². The van der Waals surface area contributed by atoms with E-state index in [1.54, 1.807) is 0 Å². The molecule has 2 heterocycles. The number of rotatable bonds is 1. The molecule has 0 spiro atoms. The molecule has 0 bridgehead atoms. The van der Waals surface area contributed by atoms with Crippen molar-refractivity contribution in [2.45, 2.75) is 12.8 Å². The van der Waals surface area contributed by atoms with Crippen LogP contribution in [0.3, 0.4) is 0 Å². The maximum Gasteiger partial charge on any atom is 0.287 e. The molecule has 0 aliphatic heterocycles. The van der Waals surface area contributed by atoms with Crippen LogP contribution in [0.4, 0.5) is 0 Å². The summed E-state index contributed by atoms with van der Waals surface area (Å²) in [7, 11) is 2.16. The molecule has 2 nitrogen and oxygen atoms in total. The van der Waals surface area contributed by atoms with E-state index in [1.807, 2.05) is 11.3 Å². The van der Waals surface area contributed by atoms with Gasteiger partial charge in [0.15, 0.2) is 5.69 Å². The number of aryl methyl sites for hydroxylation is 2. The molecule has 0 saturated carbocycles. The topological polar surface area (TPSA) is 19.7 Å². The SMILES string of the molecule is C[n+]1c(-c2ccccc2)[nH]c2c1-c1ccsc1CC2.[Cl-]. The standard InChI is InChI=1S/C16H14N2S.ClH/c1-18-15-12-9-10-19-14(12)8-7-13(15)17-16(18)11-5-3-2-4-6-11;/h2-6,9-10H,7-8H2,1H3;1H. The predicted molar refractivity (Wildman–Crippen MR) is 78.1 cm³/mol. The van der Waals surface area contributed by atoms with E-state index in [0.29, 0.717) is 0 Å². The van der Waals surface area contributed by atoms with Crippen molar-refractivity contribution in [2.75, 3.05) is 0 Å². The van der Waals surface area contributed by atoms with E-state index < -0.39 is 0 Å². The third-order valence-corrected chi connectivity index (χ3v) is 4.86. The quantitative estimate of drug-likeness (QED) is 0.626. The second-order valence-electron chi connectivity index (χ2n) is 4.98. The summed E-state index contributed by atoms with van der Waals surface area (Å²) in [5.74, 6) is 1.20. The first-order valence-electron chi connectivity index (χ1n) is 6.57. The molecule has 1 aromatic carbocycles. The number of halogens is 1. The Labute approximate surface area is 128 Å². The number of imidazole rings is 1. The lowest BCUT2D eigenvalue weighted by molar-refractivity contribution is -0.648. The Morgan fingerprint density at radius 2 is 1.90 bits per heavy atom. The molecule has 0 atom stereocenters. The van der Waals surface area contributed by atoms with Crippen LogP contribution in [0.1, 0.15) is 10.6 Å². The highest BCUT2D eigenvalue weighted by atomic mass is 35.5. The highest BCUT2D eigenvalue weighted by molar-refractivity contribution is 7.10. The van der Waals surface area contributed by atoms with Crippen LogP contribution >= 0.6 is 11.3 Å². The van der Waals surface area contributed by atoms with Crippen molar-refractivity contribution in [3.05, 3.63) is 52.3 Å². The molecule has 1 aliphatic rings. The first-order chi connectivity index (χ1) is 9.34. The maximum absolute atomic E-state index is 3.62. The van der Waals surface area contributed by atoms with Gasteiger partial charge in [-0.05, 0) is 30.0 Å². The van der Waals surface area contributed by atoms with Crippen molar-refractivity contribution < 1.29 is 17.0 Å². The molecule has 0 amide bonds. The van der Waals surface area contributed by atoms with Gasteiger partial charge in [-0.25, -0.2) is 9.55 Å². The molecule has 20 heavy (non-hydrogen) atoms. The molecule has 1 aliphatic carbocycles. The highest BCUT2D eigenvalue weighted by Gasteiger charge is 2.29. The van der Waals surface area contributed by atoms with Crippen molar-refractivity contribution >= 4 is 11.3 Å². The smallest absolute Gasteiger partial charge is 0.287 e. The van der Waals surface area contributed by atoms with Crippen LogP contribution in [0.15, 0.2) is 41.8 Å². The van der Waals surface area contributed by atoms with Gasteiger partial charge in [0.2, 0.25) is 0 Å². The highest BCUT2D eigenvalue weighted by Crippen LogP contribution is 2.35. The number of nitrogens with zero attached hydrogens (tertiary/aromatic N) is 1. The molecule has 0 unspecified atom stereocenters. The van der Waals surface area contributed by atoms with Crippen LogP contribution in [0.2, 0.25) is 0 Å². The van der Waals surface area contributed by atoms with Crippen LogP contribution in [0, 0.1) is 0 Å². The largest absolute Gasteiger partial charge is 1.00 e. The second-order valence-corrected chi connectivity index (χ2v) is 5.98. The van der Waals surface area contributed by atoms with Gasteiger partial charge in [0.1, 0.15) is 5.69 Å². The average molecular weight is 303 g/mol. The Morgan fingerprint density at radius 3 is 2.70 bits per heavy atom. The Balaban J connectivity index is 0.00000121. The van der Waals surface area contributed by atoms with Crippen molar-refractivity contribution in [1.82, 2.24) is 4.98 Å². The first kappa shape index (κ1) is 13.4. The van der Waals surface area contributed by atoms with Gasteiger partial charge in [-0.15, -0.1) is 11.3 Å².